The molecule has 1 aromatic rings. The van der Waals surface area contributed by atoms with Gasteiger partial charge in [0.25, 0.3) is 0 Å². The normalized spacial score (nSPS) is 28.9. The van der Waals surface area contributed by atoms with Crippen LogP contribution < -0.4 is 5.32 Å². The largest absolute Gasteiger partial charge is 0.314 e. The number of halogens is 2. The van der Waals surface area contributed by atoms with E-state index in [9.17, 15) is 0 Å². The van der Waals surface area contributed by atoms with E-state index in [0.717, 1.165) is 6.54 Å². The molecule has 0 bridgehead atoms. The third kappa shape index (κ3) is 2.22. The fourth-order valence-electron chi connectivity index (χ4n) is 2.50. The monoisotopic (exact) mass is 257 g/mol. The van der Waals surface area contributed by atoms with Gasteiger partial charge < -0.3 is 5.32 Å². The topological polar surface area (TPSA) is 12.0 Å². The van der Waals surface area contributed by atoms with E-state index >= 15 is 0 Å². The highest BCUT2D eigenvalue weighted by molar-refractivity contribution is 6.42. The Kier molecular flexibility index (Phi) is 3.78. The fourth-order valence-corrected chi connectivity index (χ4v) is 2.81. The Morgan fingerprint density at radius 3 is 2.62 bits per heavy atom. The van der Waals surface area contributed by atoms with Crippen molar-refractivity contribution in [1.29, 1.82) is 0 Å². The molecular weight excluding hydrogens is 241 g/mol. The smallest absolute Gasteiger partial charge is 0.0595 e. The number of hydrogen-bond acceptors (Lipinski definition) is 1. The van der Waals surface area contributed by atoms with Gasteiger partial charge in [-0.3, -0.25) is 0 Å². The van der Waals surface area contributed by atoms with Crippen LogP contribution >= 0.6 is 23.2 Å². The SMILES string of the molecule is CCNC1CC(c2ccc(Cl)c(Cl)c2)C1C. The molecule has 16 heavy (non-hydrogen) atoms. The Balaban J connectivity index is 2.07. The zero-order chi connectivity index (χ0) is 11.7. The van der Waals surface area contributed by atoms with Crippen molar-refractivity contribution in [2.45, 2.75) is 32.2 Å². The predicted octanol–water partition coefficient (Wildman–Crippen LogP) is 4.09. The van der Waals surface area contributed by atoms with Crippen LogP contribution in [0.2, 0.25) is 10.0 Å². The van der Waals surface area contributed by atoms with E-state index in [2.05, 4.69) is 25.2 Å². The van der Waals surface area contributed by atoms with Crippen LogP contribution in [0.5, 0.6) is 0 Å². The first kappa shape index (κ1) is 12.2. The first-order valence-corrected chi connectivity index (χ1v) is 6.57. The Morgan fingerprint density at radius 2 is 2.06 bits per heavy atom. The molecule has 0 saturated heterocycles. The van der Waals surface area contributed by atoms with Gasteiger partial charge in [0.2, 0.25) is 0 Å². The average Bonchev–Trinajstić information content (AvgIpc) is 2.27. The van der Waals surface area contributed by atoms with Gasteiger partial charge in [0, 0.05) is 6.04 Å². The highest BCUT2D eigenvalue weighted by atomic mass is 35.5. The highest BCUT2D eigenvalue weighted by Gasteiger charge is 2.37. The summed E-state index contributed by atoms with van der Waals surface area (Å²) in [5.41, 5.74) is 1.32. The van der Waals surface area contributed by atoms with E-state index in [-0.39, 0.29) is 0 Å². The summed E-state index contributed by atoms with van der Waals surface area (Å²) >= 11 is 12.0. The molecule has 1 aromatic carbocycles. The molecule has 3 heteroatoms. The van der Waals surface area contributed by atoms with Crippen LogP contribution in [-0.2, 0) is 0 Å². The van der Waals surface area contributed by atoms with E-state index in [1.807, 2.05) is 12.1 Å². The van der Waals surface area contributed by atoms with Gasteiger partial charge in [0.15, 0.2) is 0 Å². The fraction of sp³-hybridized carbons (Fsp3) is 0.538. The molecule has 0 amide bonds. The summed E-state index contributed by atoms with van der Waals surface area (Å²) in [6, 6.07) is 6.65. The molecule has 1 N–H and O–H groups in total. The standard InChI is InChI=1S/C13H17Cl2N/c1-3-16-13-7-10(8(13)2)9-4-5-11(14)12(15)6-9/h4-6,8,10,13,16H,3,7H2,1-2H3. The second-order valence-corrected chi connectivity index (χ2v) is 5.35. The lowest BCUT2D eigenvalue weighted by atomic mass is 9.67. The maximum Gasteiger partial charge on any atom is 0.0595 e. The van der Waals surface area contributed by atoms with Crippen molar-refractivity contribution < 1.29 is 0 Å². The van der Waals surface area contributed by atoms with Crippen molar-refractivity contribution in [3.63, 3.8) is 0 Å². The van der Waals surface area contributed by atoms with Crippen molar-refractivity contribution in [3.8, 4) is 0 Å². The molecule has 2 rings (SSSR count). The third-order valence-corrected chi connectivity index (χ3v) is 4.35. The van der Waals surface area contributed by atoms with E-state index in [4.69, 9.17) is 23.2 Å². The van der Waals surface area contributed by atoms with Crippen LogP contribution in [0, 0.1) is 5.92 Å². The first-order valence-electron chi connectivity index (χ1n) is 5.81. The van der Waals surface area contributed by atoms with Crippen LogP contribution in [0.1, 0.15) is 31.7 Å². The van der Waals surface area contributed by atoms with Crippen molar-refractivity contribution in [2.24, 2.45) is 5.92 Å². The second-order valence-electron chi connectivity index (χ2n) is 4.54. The molecule has 3 unspecified atom stereocenters. The summed E-state index contributed by atoms with van der Waals surface area (Å²) in [4.78, 5) is 0. The molecule has 1 fully saturated rings. The average molecular weight is 258 g/mol. The van der Waals surface area contributed by atoms with Gasteiger partial charge in [0.05, 0.1) is 10.0 Å². The van der Waals surface area contributed by atoms with Gasteiger partial charge >= 0.3 is 0 Å². The molecular formula is C13H17Cl2N. The summed E-state index contributed by atoms with van der Waals surface area (Å²) in [5.74, 6) is 1.30. The van der Waals surface area contributed by atoms with Crippen molar-refractivity contribution in [1.82, 2.24) is 5.32 Å². The molecule has 0 spiro atoms. The maximum atomic E-state index is 6.04. The van der Waals surface area contributed by atoms with Crippen LogP contribution in [0.4, 0.5) is 0 Å². The van der Waals surface area contributed by atoms with E-state index < -0.39 is 0 Å². The minimum atomic E-state index is 0.624. The van der Waals surface area contributed by atoms with Gasteiger partial charge in [-0.15, -0.1) is 0 Å². The lowest BCUT2D eigenvalue weighted by Crippen LogP contribution is -2.47. The summed E-state index contributed by atoms with van der Waals surface area (Å²) in [5, 5.41) is 4.80. The summed E-state index contributed by atoms with van der Waals surface area (Å²) in [6.07, 6.45) is 1.20. The van der Waals surface area contributed by atoms with Crippen LogP contribution in [0.3, 0.4) is 0 Å². The number of benzene rings is 1. The predicted molar refractivity (Wildman–Crippen MR) is 70.4 cm³/mol. The van der Waals surface area contributed by atoms with Gasteiger partial charge in [-0.2, -0.15) is 0 Å². The summed E-state index contributed by atoms with van der Waals surface area (Å²) in [6.45, 7) is 5.49. The molecule has 1 saturated carbocycles. The molecule has 3 atom stereocenters. The van der Waals surface area contributed by atoms with Gasteiger partial charge in [-0.05, 0) is 42.5 Å². The Hall–Kier alpha value is -0.240. The molecule has 88 valence electrons. The van der Waals surface area contributed by atoms with E-state index in [1.54, 1.807) is 0 Å². The highest BCUT2D eigenvalue weighted by Crippen LogP contribution is 2.43. The summed E-state index contributed by atoms with van der Waals surface area (Å²) in [7, 11) is 0. The molecule has 1 aliphatic rings. The molecule has 0 aliphatic heterocycles. The Bertz CT molecular complexity index is 378. The van der Waals surface area contributed by atoms with Gasteiger partial charge in [-0.25, -0.2) is 0 Å². The van der Waals surface area contributed by atoms with Crippen molar-refractivity contribution in [2.75, 3.05) is 6.54 Å². The number of nitrogens with one attached hydrogen (secondary N) is 1. The molecule has 0 aromatic heterocycles. The van der Waals surface area contributed by atoms with Gasteiger partial charge in [0.1, 0.15) is 0 Å². The quantitative estimate of drug-likeness (QED) is 0.860. The molecule has 0 heterocycles. The van der Waals surface area contributed by atoms with Crippen LogP contribution in [-0.4, -0.2) is 12.6 Å². The zero-order valence-electron chi connectivity index (χ0n) is 9.63. The minimum Gasteiger partial charge on any atom is -0.314 e. The molecule has 0 radical (unpaired) electrons. The maximum absolute atomic E-state index is 6.04. The third-order valence-electron chi connectivity index (χ3n) is 3.62. The Labute approximate surface area is 107 Å². The zero-order valence-corrected chi connectivity index (χ0v) is 11.1. The van der Waals surface area contributed by atoms with Crippen molar-refractivity contribution in [3.05, 3.63) is 33.8 Å². The lowest BCUT2D eigenvalue weighted by molar-refractivity contribution is 0.187. The second kappa shape index (κ2) is 4.95. The van der Waals surface area contributed by atoms with Crippen LogP contribution in [0.15, 0.2) is 18.2 Å². The lowest BCUT2D eigenvalue weighted by Gasteiger charge is -2.43. The summed E-state index contributed by atoms with van der Waals surface area (Å²) < 4.78 is 0. The van der Waals surface area contributed by atoms with Crippen LogP contribution in [0.25, 0.3) is 0 Å². The van der Waals surface area contributed by atoms with E-state index in [1.165, 1.54) is 12.0 Å². The number of hydrogen-bond donors (Lipinski definition) is 1. The molecule has 1 aliphatic carbocycles. The molecule has 1 nitrogen and oxygen atoms in total. The van der Waals surface area contributed by atoms with Gasteiger partial charge in [-0.1, -0.05) is 43.1 Å². The number of rotatable bonds is 3. The first-order chi connectivity index (χ1) is 7.63. The minimum absolute atomic E-state index is 0.624. The Morgan fingerprint density at radius 1 is 1.31 bits per heavy atom. The van der Waals surface area contributed by atoms with E-state index in [0.29, 0.717) is 27.9 Å². The van der Waals surface area contributed by atoms with Crippen molar-refractivity contribution >= 4 is 23.2 Å².